The summed E-state index contributed by atoms with van der Waals surface area (Å²) in [6.45, 7) is 8.05. The number of hydrogen-bond donors (Lipinski definition) is 1. The second-order valence-corrected chi connectivity index (χ2v) is 11.5. The average molecular weight is 531 g/mol. The Balaban J connectivity index is 2.44. The first-order chi connectivity index (χ1) is 17.5. The van der Waals surface area contributed by atoms with Crippen LogP contribution in [0.5, 0.6) is 0 Å². The van der Waals surface area contributed by atoms with Gasteiger partial charge in [-0.2, -0.15) is 12.7 Å². The van der Waals surface area contributed by atoms with Gasteiger partial charge in [-0.25, -0.2) is 4.31 Å². The van der Waals surface area contributed by atoms with E-state index in [1.165, 1.54) is 19.0 Å². The number of benzene rings is 2. The molecule has 0 aromatic heterocycles. The molecule has 0 saturated carbocycles. The fraction of sp³-hybridized carbons (Fsp3) is 0.500. The lowest BCUT2D eigenvalue weighted by molar-refractivity contribution is -0.139. The molecule has 9 heteroatoms. The fourth-order valence-electron chi connectivity index (χ4n) is 4.09. The van der Waals surface area contributed by atoms with E-state index in [2.05, 4.69) is 5.32 Å². The molecule has 1 atom stereocenters. The highest BCUT2D eigenvalue weighted by Crippen LogP contribution is 2.26. The van der Waals surface area contributed by atoms with Crippen molar-refractivity contribution in [2.75, 3.05) is 38.0 Å². The van der Waals surface area contributed by atoms with E-state index in [-0.39, 0.29) is 5.91 Å². The van der Waals surface area contributed by atoms with E-state index in [9.17, 15) is 18.0 Å². The van der Waals surface area contributed by atoms with Crippen LogP contribution in [0.1, 0.15) is 49.8 Å². The lowest BCUT2D eigenvalue weighted by Crippen LogP contribution is -2.54. The highest BCUT2D eigenvalue weighted by Gasteiger charge is 2.34. The van der Waals surface area contributed by atoms with Crippen molar-refractivity contribution in [3.8, 4) is 0 Å². The molecule has 0 spiro atoms. The zero-order chi connectivity index (χ0) is 27.6. The Morgan fingerprint density at radius 2 is 1.68 bits per heavy atom. The van der Waals surface area contributed by atoms with Gasteiger partial charge in [-0.1, -0.05) is 62.7 Å². The standard InChI is InChI=1S/C28H42N4O4S/c1-7-9-18-29-28(34)25(8-2)31(19-17-24-13-11-10-12-14-24)27(33)21-32(37(35,36)30(5)6)26-20-22(3)15-16-23(26)4/h10-16,20,25H,7-9,17-19,21H2,1-6H3,(H,29,34). The van der Waals surface area contributed by atoms with Gasteiger partial charge in [-0.05, 0) is 55.9 Å². The quantitative estimate of drug-likeness (QED) is 0.377. The van der Waals surface area contributed by atoms with Crippen molar-refractivity contribution in [2.45, 2.75) is 59.4 Å². The molecule has 0 heterocycles. The maximum atomic E-state index is 13.9. The molecule has 0 aliphatic rings. The summed E-state index contributed by atoms with van der Waals surface area (Å²) in [5.41, 5.74) is 3.11. The van der Waals surface area contributed by atoms with E-state index in [4.69, 9.17) is 0 Å². The SMILES string of the molecule is CCCCNC(=O)C(CC)N(CCc1ccccc1)C(=O)CN(c1cc(C)ccc1C)S(=O)(=O)N(C)C. The lowest BCUT2D eigenvalue weighted by Gasteiger charge is -2.34. The second kappa shape index (κ2) is 14.1. The summed E-state index contributed by atoms with van der Waals surface area (Å²) >= 11 is 0. The number of anilines is 1. The molecule has 8 nitrogen and oxygen atoms in total. The van der Waals surface area contributed by atoms with Gasteiger partial charge in [0, 0.05) is 27.2 Å². The minimum atomic E-state index is -3.98. The molecule has 2 aromatic carbocycles. The maximum absolute atomic E-state index is 13.9. The predicted octanol–water partition coefficient (Wildman–Crippen LogP) is 3.68. The van der Waals surface area contributed by atoms with Gasteiger partial charge in [0.2, 0.25) is 11.8 Å². The van der Waals surface area contributed by atoms with E-state index >= 15 is 0 Å². The van der Waals surface area contributed by atoms with Crippen LogP contribution in [0.15, 0.2) is 48.5 Å². The number of amides is 2. The molecule has 1 N–H and O–H groups in total. The van der Waals surface area contributed by atoms with Gasteiger partial charge < -0.3 is 10.2 Å². The molecule has 37 heavy (non-hydrogen) atoms. The Kier molecular flexibility index (Phi) is 11.6. The third-order valence-electron chi connectivity index (χ3n) is 6.35. The third kappa shape index (κ3) is 8.30. The molecule has 204 valence electrons. The first kappa shape index (κ1) is 30.3. The van der Waals surface area contributed by atoms with Crippen LogP contribution in [0.3, 0.4) is 0 Å². The summed E-state index contributed by atoms with van der Waals surface area (Å²) in [5.74, 6) is -0.633. The van der Waals surface area contributed by atoms with Crippen LogP contribution in [0.4, 0.5) is 5.69 Å². The Labute approximate surface area is 222 Å². The maximum Gasteiger partial charge on any atom is 0.304 e. The molecule has 2 aromatic rings. The Hall–Kier alpha value is -2.91. The van der Waals surface area contributed by atoms with Crippen LogP contribution in [0, 0.1) is 13.8 Å². The van der Waals surface area contributed by atoms with Gasteiger partial charge >= 0.3 is 10.2 Å². The molecule has 0 fully saturated rings. The number of carbonyl (C=O) groups excluding carboxylic acids is 2. The minimum Gasteiger partial charge on any atom is -0.354 e. The average Bonchev–Trinajstić information content (AvgIpc) is 2.87. The van der Waals surface area contributed by atoms with Crippen molar-refractivity contribution in [1.82, 2.24) is 14.5 Å². The topological polar surface area (TPSA) is 90.0 Å². The van der Waals surface area contributed by atoms with E-state index < -0.39 is 28.7 Å². The van der Waals surface area contributed by atoms with Crippen molar-refractivity contribution in [1.29, 1.82) is 0 Å². The van der Waals surface area contributed by atoms with Crippen LogP contribution >= 0.6 is 0 Å². The van der Waals surface area contributed by atoms with E-state index in [1.807, 2.05) is 70.2 Å². The third-order valence-corrected chi connectivity index (χ3v) is 8.16. The van der Waals surface area contributed by atoms with Gasteiger partial charge in [0.15, 0.2) is 0 Å². The first-order valence-corrected chi connectivity index (χ1v) is 14.3. The molecule has 0 aliphatic carbocycles. The van der Waals surface area contributed by atoms with E-state index in [0.29, 0.717) is 31.6 Å². The van der Waals surface area contributed by atoms with Gasteiger partial charge in [0.25, 0.3) is 0 Å². The van der Waals surface area contributed by atoms with Crippen LogP contribution in [0.2, 0.25) is 0 Å². The number of aryl methyl sites for hydroxylation is 2. The molecular formula is C28H42N4O4S. The number of nitrogens with zero attached hydrogens (tertiary/aromatic N) is 3. The summed E-state index contributed by atoms with van der Waals surface area (Å²) in [6, 6.07) is 14.6. The molecule has 0 bridgehead atoms. The van der Waals surface area contributed by atoms with Crippen LogP contribution in [-0.4, -0.2) is 69.2 Å². The van der Waals surface area contributed by atoms with Gasteiger partial charge in [0.1, 0.15) is 12.6 Å². The van der Waals surface area contributed by atoms with Crippen LogP contribution in [-0.2, 0) is 26.2 Å². The smallest absolute Gasteiger partial charge is 0.304 e. The summed E-state index contributed by atoms with van der Waals surface area (Å²) in [6.07, 6.45) is 2.76. The fourth-order valence-corrected chi connectivity index (χ4v) is 5.21. The predicted molar refractivity (Wildman–Crippen MR) is 150 cm³/mol. The lowest BCUT2D eigenvalue weighted by atomic mass is 10.1. The van der Waals surface area contributed by atoms with Gasteiger partial charge in [0.05, 0.1) is 5.69 Å². The summed E-state index contributed by atoms with van der Waals surface area (Å²) in [5, 5.41) is 2.95. The summed E-state index contributed by atoms with van der Waals surface area (Å²) in [4.78, 5) is 28.5. The van der Waals surface area contributed by atoms with Crippen LogP contribution < -0.4 is 9.62 Å². The zero-order valence-corrected chi connectivity index (χ0v) is 23.8. The minimum absolute atomic E-state index is 0.217. The zero-order valence-electron chi connectivity index (χ0n) is 23.0. The molecule has 0 aliphatic heterocycles. The Morgan fingerprint density at radius 1 is 1.00 bits per heavy atom. The molecule has 0 radical (unpaired) electrons. The van der Waals surface area contributed by atoms with Crippen LogP contribution in [0.25, 0.3) is 0 Å². The van der Waals surface area contributed by atoms with Crippen molar-refractivity contribution >= 4 is 27.7 Å². The monoisotopic (exact) mass is 530 g/mol. The largest absolute Gasteiger partial charge is 0.354 e. The normalized spacial score (nSPS) is 12.3. The van der Waals surface area contributed by atoms with Crippen molar-refractivity contribution in [3.05, 3.63) is 65.2 Å². The van der Waals surface area contributed by atoms with E-state index in [1.54, 1.807) is 6.07 Å². The highest BCUT2D eigenvalue weighted by atomic mass is 32.2. The van der Waals surface area contributed by atoms with Crippen molar-refractivity contribution in [3.63, 3.8) is 0 Å². The Bertz CT molecular complexity index is 1140. The number of unbranched alkanes of at least 4 members (excludes halogenated alkanes) is 1. The van der Waals surface area contributed by atoms with Crippen molar-refractivity contribution < 1.29 is 18.0 Å². The number of nitrogens with one attached hydrogen (secondary N) is 1. The molecule has 1 unspecified atom stereocenters. The Morgan fingerprint density at radius 3 is 2.27 bits per heavy atom. The summed E-state index contributed by atoms with van der Waals surface area (Å²) < 4.78 is 29.0. The molecule has 0 saturated heterocycles. The number of carbonyl (C=O) groups is 2. The first-order valence-electron chi connectivity index (χ1n) is 12.9. The number of hydrogen-bond acceptors (Lipinski definition) is 4. The van der Waals surface area contributed by atoms with Crippen molar-refractivity contribution in [2.24, 2.45) is 0 Å². The highest BCUT2D eigenvalue weighted by molar-refractivity contribution is 7.90. The molecule has 2 rings (SSSR count). The second-order valence-electron chi connectivity index (χ2n) is 9.48. The molecular weight excluding hydrogens is 488 g/mol. The van der Waals surface area contributed by atoms with E-state index in [0.717, 1.165) is 38.1 Å². The number of rotatable bonds is 14. The van der Waals surface area contributed by atoms with Gasteiger partial charge in [-0.15, -0.1) is 0 Å². The summed E-state index contributed by atoms with van der Waals surface area (Å²) in [7, 11) is -1.09. The molecule has 2 amide bonds. The van der Waals surface area contributed by atoms with Gasteiger partial charge in [-0.3, -0.25) is 9.59 Å².